The van der Waals surface area contributed by atoms with Crippen LogP contribution in [0.3, 0.4) is 0 Å². The van der Waals surface area contributed by atoms with Crippen LogP contribution < -0.4 is 15.8 Å². The Labute approximate surface area is 135 Å². The largest absolute Gasteiger partial charge is 0.362 e. The summed E-state index contributed by atoms with van der Waals surface area (Å²) < 4.78 is 1.59. The average molecular weight is 311 g/mol. The molecule has 2 aromatic heterocycles. The molecule has 0 unspecified atom stereocenters. The lowest BCUT2D eigenvalue weighted by atomic mass is 9.99. The number of anilines is 1. The molecule has 2 aromatic rings. The van der Waals surface area contributed by atoms with Gasteiger partial charge in [-0.05, 0) is 18.1 Å². The van der Waals surface area contributed by atoms with E-state index in [1.54, 1.807) is 23.7 Å². The average Bonchev–Trinajstić information content (AvgIpc) is 2.57. The zero-order valence-electron chi connectivity index (χ0n) is 13.7. The van der Waals surface area contributed by atoms with E-state index in [1.165, 1.54) is 0 Å². The van der Waals surface area contributed by atoms with E-state index in [1.807, 2.05) is 6.07 Å². The highest BCUT2D eigenvalue weighted by Crippen LogP contribution is 2.29. The van der Waals surface area contributed by atoms with Crippen LogP contribution in [0.2, 0.25) is 0 Å². The summed E-state index contributed by atoms with van der Waals surface area (Å²) in [6, 6.07) is 5.44. The van der Waals surface area contributed by atoms with Gasteiger partial charge in [-0.3, -0.25) is 4.79 Å². The third kappa shape index (κ3) is 2.68. The molecule has 1 aliphatic rings. The van der Waals surface area contributed by atoms with Crippen molar-refractivity contribution >= 4 is 22.5 Å². The minimum absolute atomic E-state index is 0.0501. The Balaban J connectivity index is 2.25. The van der Waals surface area contributed by atoms with Crippen LogP contribution in [-0.4, -0.2) is 35.2 Å². The van der Waals surface area contributed by atoms with Gasteiger partial charge in [0.2, 0.25) is 5.52 Å². The van der Waals surface area contributed by atoms with Gasteiger partial charge in [-0.15, -0.1) is 4.98 Å². The van der Waals surface area contributed by atoms with Crippen LogP contribution in [0.5, 0.6) is 0 Å². The first kappa shape index (κ1) is 15.5. The Kier molecular flexibility index (Phi) is 4.05. The molecule has 1 saturated heterocycles. The molecule has 0 bridgehead atoms. The van der Waals surface area contributed by atoms with Crippen molar-refractivity contribution in [3.63, 3.8) is 0 Å². The van der Waals surface area contributed by atoms with Crippen LogP contribution in [0.1, 0.15) is 13.8 Å². The summed E-state index contributed by atoms with van der Waals surface area (Å²) in [5.74, 6) is 0.805. The molecule has 0 aliphatic carbocycles. The lowest BCUT2D eigenvalue weighted by Gasteiger charge is -2.40. The molecule has 0 amide bonds. The predicted octanol–water partition coefficient (Wildman–Crippen LogP) is 1.92. The topological polar surface area (TPSA) is 54.5 Å². The monoisotopic (exact) mass is 311 g/mol. The maximum absolute atomic E-state index is 12.4. The molecule has 6 nitrogen and oxygen atoms in total. The third-order valence-corrected chi connectivity index (χ3v) is 4.53. The van der Waals surface area contributed by atoms with Crippen molar-refractivity contribution in [2.45, 2.75) is 19.9 Å². The molecule has 3 heterocycles. The van der Waals surface area contributed by atoms with Crippen molar-refractivity contribution < 1.29 is 0 Å². The van der Waals surface area contributed by atoms with Crippen molar-refractivity contribution in [1.82, 2.24) is 14.9 Å². The number of aromatic nitrogens is 2. The molecule has 0 aromatic carbocycles. The smallest absolute Gasteiger partial charge is 0.270 e. The molecule has 1 fully saturated rings. The van der Waals surface area contributed by atoms with Crippen molar-refractivity contribution in [2.24, 2.45) is 13.0 Å². The predicted molar refractivity (Wildman–Crippen MR) is 92.1 cm³/mol. The number of hydrogen-bond donors (Lipinski definition) is 1. The van der Waals surface area contributed by atoms with Crippen LogP contribution in [0, 0.1) is 12.5 Å². The number of hydrogen-bond acceptors (Lipinski definition) is 4. The molecule has 0 radical (unpaired) electrons. The lowest BCUT2D eigenvalue weighted by molar-refractivity contribution is 0.391. The first-order valence-corrected chi connectivity index (χ1v) is 7.88. The van der Waals surface area contributed by atoms with Gasteiger partial charge < -0.3 is 19.6 Å². The van der Waals surface area contributed by atoms with E-state index in [0.717, 1.165) is 36.4 Å². The number of aryl methyl sites for hydroxylation is 1. The van der Waals surface area contributed by atoms with E-state index in [-0.39, 0.29) is 5.56 Å². The van der Waals surface area contributed by atoms with Gasteiger partial charge in [0, 0.05) is 38.8 Å². The summed E-state index contributed by atoms with van der Waals surface area (Å²) in [6.07, 6.45) is 0. The molecule has 0 spiro atoms. The van der Waals surface area contributed by atoms with Gasteiger partial charge in [0.15, 0.2) is 0 Å². The van der Waals surface area contributed by atoms with E-state index >= 15 is 0 Å². The van der Waals surface area contributed by atoms with Crippen molar-refractivity contribution in [2.75, 3.05) is 24.5 Å². The molecule has 0 saturated carbocycles. The molecule has 120 valence electrons. The number of nitrogens with one attached hydrogen (secondary N) is 1. The second kappa shape index (κ2) is 6.01. The summed E-state index contributed by atoms with van der Waals surface area (Å²) in [5, 5.41) is 3.42. The van der Waals surface area contributed by atoms with Crippen molar-refractivity contribution in [3.8, 4) is 0 Å². The Morgan fingerprint density at radius 1 is 1.43 bits per heavy atom. The summed E-state index contributed by atoms with van der Waals surface area (Å²) in [5.41, 5.74) is 2.29. The minimum atomic E-state index is -0.0501. The maximum Gasteiger partial charge on any atom is 0.270 e. The molecule has 1 N–H and O–H groups in total. The highest BCUT2D eigenvalue weighted by atomic mass is 16.1. The molecule has 1 atom stereocenters. The van der Waals surface area contributed by atoms with Gasteiger partial charge in [-0.25, -0.2) is 0 Å². The Bertz CT molecular complexity index is 833. The molecule has 1 aliphatic heterocycles. The van der Waals surface area contributed by atoms with Crippen LogP contribution in [0.25, 0.3) is 15.9 Å². The van der Waals surface area contributed by atoms with Gasteiger partial charge in [0.25, 0.3) is 11.4 Å². The maximum atomic E-state index is 12.4. The first-order valence-electron chi connectivity index (χ1n) is 7.88. The fourth-order valence-electron chi connectivity index (χ4n) is 3.20. The highest BCUT2D eigenvalue weighted by Gasteiger charge is 2.28. The zero-order chi connectivity index (χ0) is 16.6. The fourth-order valence-corrected chi connectivity index (χ4v) is 3.20. The number of fused-ring (bicyclic) bond motifs is 1. The SMILES string of the molecule is [C-]#[N+]c1ccc2c(n1)c(N1CCNC[C@H]1C(C)C)cc(=O)n2C. The van der Waals surface area contributed by atoms with Crippen molar-refractivity contribution in [1.29, 1.82) is 0 Å². The third-order valence-electron chi connectivity index (χ3n) is 4.53. The summed E-state index contributed by atoms with van der Waals surface area (Å²) >= 11 is 0. The number of pyridine rings is 2. The Hall–Kier alpha value is -2.39. The van der Waals surface area contributed by atoms with Gasteiger partial charge in [-0.1, -0.05) is 20.4 Å². The van der Waals surface area contributed by atoms with Gasteiger partial charge in [0.05, 0.1) is 11.2 Å². The molecular formula is C17H21N5O. The number of piperazine rings is 1. The van der Waals surface area contributed by atoms with Gasteiger partial charge in [0.1, 0.15) is 0 Å². The molecule has 3 rings (SSSR count). The van der Waals surface area contributed by atoms with E-state index < -0.39 is 0 Å². The lowest BCUT2D eigenvalue weighted by Crippen LogP contribution is -2.54. The Morgan fingerprint density at radius 2 is 2.22 bits per heavy atom. The highest BCUT2D eigenvalue weighted by molar-refractivity contribution is 5.89. The van der Waals surface area contributed by atoms with E-state index in [2.05, 4.69) is 33.9 Å². The van der Waals surface area contributed by atoms with E-state index in [9.17, 15) is 4.79 Å². The second-order valence-corrected chi connectivity index (χ2v) is 6.28. The normalized spacial score (nSPS) is 18.4. The number of nitrogens with zero attached hydrogens (tertiary/aromatic N) is 4. The van der Waals surface area contributed by atoms with Crippen LogP contribution in [-0.2, 0) is 7.05 Å². The molecular weight excluding hydrogens is 290 g/mol. The molecule has 6 heteroatoms. The molecule has 23 heavy (non-hydrogen) atoms. The first-order chi connectivity index (χ1) is 11.0. The minimum Gasteiger partial charge on any atom is -0.362 e. The van der Waals surface area contributed by atoms with Crippen LogP contribution >= 0.6 is 0 Å². The standard InChI is InChI=1S/C17H21N5O/c1-11(2)14-10-19-7-8-22(14)13-9-16(23)21(4)12-5-6-15(18-3)20-17(12)13/h5-6,9,11,14,19H,7-8,10H2,1-2,4H3/t14-/m0/s1. The van der Waals surface area contributed by atoms with Crippen LogP contribution in [0.15, 0.2) is 23.0 Å². The van der Waals surface area contributed by atoms with Gasteiger partial charge in [-0.2, -0.15) is 0 Å². The van der Waals surface area contributed by atoms with Gasteiger partial charge >= 0.3 is 0 Å². The fraction of sp³-hybridized carbons (Fsp3) is 0.471. The summed E-state index contributed by atoms with van der Waals surface area (Å²) in [4.78, 5) is 22.6. The van der Waals surface area contributed by atoms with Crippen molar-refractivity contribution in [3.05, 3.63) is 40.0 Å². The van der Waals surface area contributed by atoms with E-state index in [4.69, 9.17) is 6.57 Å². The quantitative estimate of drug-likeness (QED) is 0.861. The summed E-state index contributed by atoms with van der Waals surface area (Å²) in [6.45, 7) is 14.2. The number of rotatable bonds is 2. The zero-order valence-corrected chi connectivity index (χ0v) is 13.7. The summed E-state index contributed by atoms with van der Waals surface area (Å²) in [7, 11) is 1.74. The van der Waals surface area contributed by atoms with Crippen LogP contribution in [0.4, 0.5) is 11.5 Å². The second-order valence-electron chi connectivity index (χ2n) is 6.28. The van der Waals surface area contributed by atoms with E-state index in [0.29, 0.717) is 17.8 Å². The Morgan fingerprint density at radius 3 is 2.91 bits per heavy atom.